The van der Waals surface area contributed by atoms with Gasteiger partial charge in [0.15, 0.2) is 0 Å². The van der Waals surface area contributed by atoms with Crippen molar-refractivity contribution in [3.63, 3.8) is 0 Å². The Kier molecular flexibility index (Phi) is 5.23. The van der Waals surface area contributed by atoms with E-state index in [0.717, 1.165) is 11.3 Å². The smallest absolute Gasteiger partial charge is 0.244 e. The molecule has 0 saturated carbocycles. The van der Waals surface area contributed by atoms with Gasteiger partial charge >= 0.3 is 0 Å². The van der Waals surface area contributed by atoms with Gasteiger partial charge in [0.2, 0.25) is 5.91 Å². The summed E-state index contributed by atoms with van der Waals surface area (Å²) in [6, 6.07) is 5.46. The van der Waals surface area contributed by atoms with Crippen LogP contribution in [0.25, 0.3) is 0 Å². The maximum absolute atomic E-state index is 12.0. The summed E-state index contributed by atoms with van der Waals surface area (Å²) < 4.78 is 5.44. The molecule has 0 radical (unpaired) electrons. The minimum Gasteiger partial charge on any atom is -0.377 e. The molecule has 1 aromatic carbocycles. The van der Waals surface area contributed by atoms with Crippen molar-refractivity contribution in [1.29, 1.82) is 0 Å². The van der Waals surface area contributed by atoms with E-state index >= 15 is 0 Å². The van der Waals surface area contributed by atoms with E-state index in [9.17, 15) is 4.79 Å². The fourth-order valence-electron chi connectivity index (χ4n) is 2.44. The average molecular weight is 298 g/mol. The zero-order chi connectivity index (χ0) is 14.5. The first-order valence-corrected chi connectivity index (χ1v) is 7.04. The van der Waals surface area contributed by atoms with Crippen LogP contribution in [0.4, 0.5) is 5.69 Å². The van der Waals surface area contributed by atoms with Gasteiger partial charge < -0.3 is 20.3 Å². The van der Waals surface area contributed by atoms with Gasteiger partial charge in [0.1, 0.15) is 6.04 Å². The van der Waals surface area contributed by atoms with Crippen molar-refractivity contribution >= 4 is 23.2 Å². The number of nitrogens with zero attached hydrogens (tertiary/aromatic N) is 1. The zero-order valence-electron chi connectivity index (χ0n) is 11.8. The van der Waals surface area contributed by atoms with Crippen LogP contribution < -0.4 is 15.5 Å². The summed E-state index contributed by atoms with van der Waals surface area (Å²) in [5.74, 6) is -0.0416. The Bertz CT molecular complexity index is 481. The molecule has 0 bridgehead atoms. The van der Waals surface area contributed by atoms with Crippen molar-refractivity contribution in [1.82, 2.24) is 10.6 Å². The molecule has 0 aliphatic carbocycles. The van der Waals surface area contributed by atoms with Crippen molar-refractivity contribution in [2.75, 3.05) is 38.8 Å². The monoisotopic (exact) mass is 297 g/mol. The summed E-state index contributed by atoms with van der Waals surface area (Å²) >= 11 is 6.29. The highest BCUT2D eigenvalue weighted by Crippen LogP contribution is 2.30. The lowest BCUT2D eigenvalue weighted by atomic mass is 10.1. The second kappa shape index (κ2) is 6.92. The fraction of sp³-hybridized carbons (Fsp3) is 0.500. The second-order valence-corrected chi connectivity index (χ2v) is 5.07. The van der Waals surface area contributed by atoms with E-state index in [2.05, 4.69) is 15.5 Å². The molecular formula is C14H20ClN3O2. The van der Waals surface area contributed by atoms with Crippen LogP contribution in [-0.2, 0) is 16.1 Å². The molecule has 1 saturated heterocycles. The molecular weight excluding hydrogens is 278 g/mol. The third-order valence-corrected chi connectivity index (χ3v) is 3.79. The van der Waals surface area contributed by atoms with Crippen molar-refractivity contribution in [3.05, 3.63) is 28.8 Å². The predicted octanol–water partition coefficient (Wildman–Crippen LogP) is 1.01. The van der Waals surface area contributed by atoms with Crippen molar-refractivity contribution < 1.29 is 9.53 Å². The van der Waals surface area contributed by atoms with Crippen LogP contribution in [0.15, 0.2) is 18.2 Å². The van der Waals surface area contributed by atoms with E-state index in [0.29, 0.717) is 31.3 Å². The van der Waals surface area contributed by atoms with E-state index in [1.165, 1.54) is 0 Å². The SMILES string of the molecule is CNCc1c(Cl)cccc1N1CCOCC1C(=O)NC. The van der Waals surface area contributed by atoms with Gasteiger partial charge in [-0.05, 0) is 19.2 Å². The van der Waals surface area contributed by atoms with Crippen LogP contribution >= 0.6 is 11.6 Å². The fourth-order valence-corrected chi connectivity index (χ4v) is 2.68. The van der Waals surface area contributed by atoms with E-state index in [4.69, 9.17) is 16.3 Å². The van der Waals surface area contributed by atoms with Crippen molar-refractivity contribution in [3.8, 4) is 0 Å². The number of halogens is 1. The Labute approximate surface area is 124 Å². The lowest BCUT2D eigenvalue weighted by molar-refractivity contribution is -0.124. The number of likely N-dealkylation sites (N-methyl/N-ethyl adjacent to an activating group) is 1. The van der Waals surface area contributed by atoms with Gasteiger partial charge in [0.25, 0.3) is 0 Å². The lowest BCUT2D eigenvalue weighted by Crippen LogP contribution is -2.53. The number of carbonyl (C=O) groups excluding carboxylic acids is 1. The molecule has 1 fully saturated rings. The highest BCUT2D eigenvalue weighted by Gasteiger charge is 2.30. The van der Waals surface area contributed by atoms with Crippen molar-refractivity contribution in [2.45, 2.75) is 12.6 Å². The molecule has 1 aliphatic rings. The molecule has 110 valence electrons. The molecule has 1 heterocycles. The average Bonchev–Trinajstić information content (AvgIpc) is 2.49. The molecule has 1 unspecified atom stereocenters. The Morgan fingerprint density at radius 2 is 2.30 bits per heavy atom. The molecule has 2 rings (SSSR count). The topological polar surface area (TPSA) is 53.6 Å². The largest absolute Gasteiger partial charge is 0.377 e. The van der Waals surface area contributed by atoms with Gasteiger partial charge in [-0.1, -0.05) is 17.7 Å². The number of nitrogens with one attached hydrogen (secondary N) is 2. The van der Waals surface area contributed by atoms with E-state index in [-0.39, 0.29) is 11.9 Å². The number of hydrogen-bond acceptors (Lipinski definition) is 4. The van der Waals surface area contributed by atoms with E-state index in [1.54, 1.807) is 7.05 Å². The lowest BCUT2D eigenvalue weighted by Gasteiger charge is -2.37. The quantitative estimate of drug-likeness (QED) is 0.871. The Morgan fingerprint density at radius 1 is 1.50 bits per heavy atom. The molecule has 1 aliphatic heterocycles. The summed E-state index contributed by atoms with van der Waals surface area (Å²) in [5.41, 5.74) is 2.00. The first-order valence-electron chi connectivity index (χ1n) is 6.67. The summed E-state index contributed by atoms with van der Waals surface area (Å²) in [5, 5.41) is 6.52. The van der Waals surface area contributed by atoms with E-state index in [1.807, 2.05) is 25.2 Å². The highest BCUT2D eigenvalue weighted by atomic mass is 35.5. The molecule has 1 aromatic rings. The molecule has 0 spiro atoms. The predicted molar refractivity (Wildman–Crippen MR) is 80.2 cm³/mol. The van der Waals surface area contributed by atoms with Crippen LogP contribution in [-0.4, -0.2) is 45.8 Å². The van der Waals surface area contributed by atoms with Crippen LogP contribution in [0.5, 0.6) is 0 Å². The molecule has 0 aromatic heterocycles. The molecule has 5 nitrogen and oxygen atoms in total. The number of carbonyl (C=O) groups is 1. The number of benzene rings is 1. The Hall–Kier alpha value is -1.30. The van der Waals surface area contributed by atoms with Gasteiger partial charge in [0.05, 0.1) is 13.2 Å². The summed E-state index contributed by atoms with van der Waals surface area (Å²) in [4.78, 5) is 14.1. The van der Waals surface area contributed by atoms with Gasteiger partial charge in [0, 0.05) is 36.4 Å². The number of rotatable bonds is 4. The third kappa shape index (κ3) is 3.06. The number of amides is 1. The molecule has 6 heteroatoms. The maximum Gasteiger partial charge on any atom is 0.244 e. The number of ether oxygens (including phenoxy) is 1. The number of hydrogen-bond donors (Lipinski definition) is 2. The zero-order valence-corrected chi connectivity index (χ0v) is 12.5. The van der Waals surface area contributed by atoms with Crippen LogP contribution in [0.3, 0.4) is 0 Å². The van der Waals surface area contributed by atoms with Gasteiger partial charge in [-0.25, -0.2) is 0 Å². The minimum absolute atomic E-state index is 0.0416. The molecule has 1 amide bonds. The number of morpholine rings is 1. The summed E-state index contributed by atoms with van der Waals surface area (Å²) in [6.07, 6.45) is 0. The van der Waals surface area contributed by atoms with E-state index < -0.39 is 0 Å². The van der Waals surface area contributed by atoms with Gasteiger partial charge in [-0.15, -0.1) is 0 Å². The van der Waals surface area contributed by atoms with Gasteiger partial charge in [-0.2, -0.15) is 0 Å². The summed E-state index contributed by atoms with van der Waals surface area (Å²) in [6.45, 7) is 2.34. The van der Waals surface area contributed by atoms with Gasteiger partial charge in [-0.3, -0.25) is 4.79 Å². The van der Waals surface area contributed by atoms with Crippen LogP contribution in [0.1, 0.15) is 5.56 Å². The second-order valence-electron chi connectivity index (χ2n) is 4.67. The third-order valence-electron chi connectivity index (χ3n) is 3.43. The summed E-state index contributed by atoms with van der Waals surface area (Å²) in [7, 11) is 3.52. The van der Waals surface area contributed by atoms with Crippen molar-refractivity contribution in [2.24, 2.45) is 0 Å². The van der Waals surface area contributed by atoms with Crippen LogP contribution in [0, 0.1) is 0 Å². The standard InChI is InChI=1S/C14H20ClN3O2/c1-16-8-10-11(15)4-3-5-12(10)18-6-7-20-9-13(18)14(19)17-2/h3-5,13,16H,6-9H2,1-2H3,(H,17,19). The molecule has 1 atom stereocenters. The normalized spacial score (nSPS) is 18.9. The molecule has 20 heavy (non-hydrogen) atoms. The molecule has 2 N–H and O–H groups in total. The highest BCUT2D eigenvalue weighted by molar-refractivity contribution is 6.31. The Balaban J connectivity index is 2.37. The number of anilines is 1. The first-order chi connectivity index (χ1) is 9.69. The minimum atomic E-state index is -0.317. The Morgan fingerprint density at radius 3 is 3.00 bits per heavy atom. The van der Waals surface area contributed by atoms with Crippen LogP contribution in [0.2, 0.25) is 5.02 Å². The first kappa shape index (κ1) is 15.1. The maximum atomic E-state index is 12.0.